The van der Waals surface area contributed by atoms with E-state index in [2.05, 4.69) is 12.2 Å². The second-order valence-corrected chi connectivity index (χ2v) is 4.71. The Balaban J connectivity index is 1.97. The van der Waals surface area contributed by atoms with Crippen molar-refractivity contribution >= 4 is 0 Å². The minimum atomic E-state index is -0.0294. The van der Waals surface area contributed by atoms with E-state index in [0.717, 1.165) is 37.4 Å². The van der Waals surface area contributed by atoms with Crippen LogP contribution in [0.5, 0.6) is 11.5 Å². The lowest BCUT2D eigenvalue weighted by atomic mass is 9.94. The zero-order valence-electron chi connectivity index (χ0n) is 10.7. The highest BCUT2D eigenvalue weighted by molar-refractivity contribution is 5.31. The molecule has 0 bridgehead atoms. The van der Waals surface area contributed by atoms with Gasteiger partial charge in [-0.2, -0.15) is 0 Å². The summed E-state index contributed by atoms with van der Waals surface area (Å²) >= 11 is 0. The molecule has 3 nitrogen and oxygen atoms in total. The molecule has 2 rings (SSSR count). The highest BCUT2D eigenvalue weighted by Gasteiger charge is 2.28. The van der Waals surface area contributed by atoms with Crippen LogP contribution in [0.3, 0.4) is 0 Å². The third-order valence-corrected chi connectivity index (χ3v) is 3.16. The molecule has 0 amide bonds. The van der Waals surface area contributed by atoms with E-state index in [0.29, 0.717) is 6.61 Å². The van der Waals surface area contributed by atoms with E-state index in [4.69, 9.17) is 9.47 Å². The van der Waals surface area contributed by atoms with Gasteiger partial charge in [0.25, 0.3) is 0 Å². The summed E-state index contributed by atoms with van der Waals surface area (Å²) in [6, 6.07) is 7.89. The SMILES string of the molecule is CCOc1ccc(OC2(C)CCNCC2)cc1. The van der Waals surface area contributed by atoms with Gasteiger partial charge in [-0.15, -0.1) is 0 Å². The zero-order chi connectivity index (χ0) is 12.1. The summed E-state index contributed by atoms with van der Waals surface area (Å²) in [6.45, 7) is 6.94. The van der Waals surface area contributed by atoms with Crippen LogP contribution in [0, 0.1) is 0 Å². The molecule has 1 aromatic carbocycles. The summed E-state index contributed by atoms with van der Waals surface area (Å²) in [5, 5.41) is 3.35. The molecule has 1 aromatic rings. The maximum atomic E-state index is 6.08. The summed E-state index contributed by atoms with van der Waals surface area (Å²) < 4.78 is 11.5. The Labute approximate surface area is 103 Å². The topological polar surface area (TPSA) is 30.5 Å². The van der Waals surface area contributed by atoms with Gasteiger partial charge in [0, 0.05) is 0 Å². The first-order valence-corrected chi connectivity index (χ1v) is 6.34. The summed E-state index contributed by atoms with van der Waals surface area (Å²) in [7, 11) is 0. The van der Waals surface area contributed by atoms with Crippen LogP contribution >= 0.6 is 0 Å². The third-order valence-electron chi connectivity index (χ3n) is 3.16. The highest BCUT2D eigenvalue weighted by atomic mass is 16.5. The maximum Gasteiger partial charge on any atom is 0.120 e. The Kier molecular flexibility index (Phi) is 3.89. The number of rotatable bonds is 4. The Bertz CT molecular complexity index is 342. The summed E-state index contributed by atoms with van der Waals surface area (Å²) in [4.78, 5) is 0. The number of hydrogen-bond donors (Lipinski definition) is 1. The Hall–Kier alpha value is -1.22. The van der Waals surface area contributed by atoms with Crippen molar-refractivity contribution in [2.45, 2.75) is 32.3 Å². The number of piperidine rings is 1. The van der Waals surface area contributed by atoms with Crippen molar-refractivity contribution in [3.63, 3.8) is 0 Å². The average molecular weight is 235 g/mol. The fourth-order valence-electron chi connectivity index (χ4n) is 2.11. The minimum absolute atomic E-state index is 0.0294. The molecule has 17 heavy (non-hydrogen) atoms. The second-order valence-electron chi connectivity index (χ2n) is 4.71. The molecular weight excluding hydrogens is 214 g/mol. The van der Waals surface area contributed by atoms with E-state index in [1.807, 2.05) is 31.2 Å². The van der Waals surface area contributed by atoms with E-state index < -0.39 is 0 Å². The van der Waals surface area contributed by atoms with Crippen LogP contribution in [0.2, 0.25) is 0 Å². The van der Waals surface area contributed by atoms with E-state index >= 15 is 0 Å². The molecule has 3 heteroatoms. The van der Waals surface area contributed by atoms with Gasteiger partial charge in [0.15, 0.2) is 0 Å². The molecule has 0 atom stereocenters. The van der Waals surface area contributed by atoms with Crippen LogP contribution < -0.4 is 14.8 Å². The molecule has 94 valence electrons. The van der Waals surface area contributed by atoms with Gasteiger partial charge in [-0.05, 0) is 64.0 Å². The monoisotopic (exact) mass is 235 g/mol. The molecule has 0 unspecified atom stereocenters. The Morgan fingerprint density at radius 3 is 2.29 bits per heavy atom. The third kappa shape index (κ3) is 3.37. The predicted molar refractivity (Wildman–Crippen MR) is 68.7 cm³/mol. The number of ether oxygens (including phenoxy) is 2. The second kappa shape index (κ2) is 5.41. The van der Waals surface area contributed by atoms with Crippen molar-refractivity contribution in [3.8, 4) is 11.5 Å². The molecule has 0 aliphatic carbocycles. The lowest BCUT2D eigenvalue weighted by Gasteiger charge is -2.34. The minimum Gasteiger partial charge on any atom is -0.494 e. The van der Waals surface area contributed by atoms with E-state index in [9.17, 15) is 0 Å². The molecule has 1 N–H and O–H groups in total. The van der Waals surface area contributed by atoms with Crippen LogP contribution in [-0.2, 0) is 0 Å². The van der Waals surface area contributed by atoms with Crippen molar-refractivity contribution in [1.29, 1.82) is 0 Å². The lowest BCUT2D eigenvalue weighted by molar-refractivity contribution is 0.0555. The number of benzene rings is 1. The van der Waals surface area contributed by atoms with Crippen molar-refractivity contribution in [3.05, 3.63) is 24.3 Å². The fourth-order valence-corrected chi connectivity index (χ4v) is 2.11. The standard InChI is InChI=1S/C14H21NO2/c1-3-16-12-4-6-13(7-5-12)17-14(2)8-10-15-11-9-14/h4-7,15H,3,8-11H2,1-2H3. The molecular formula is C14H21NO2. The van der Waals surface area contributed by atoms with Crippen molar-refractivity contribution < 1.29 is 9.47 Å². The van der Waals surface area contributed by atoms with Crippen LogP contribution in [-0.4, -0.2) is 25.3 Å². The number of hydrogen-bond acceptors (Lipinski definition) is 3. The molecule has 1 fully saturated rings. The van der Waals surface area contributed by atoms with E-state index in [1.165, 1.54) is 0 Å². The molecule has 1 aliphatic heterocycles. The fraction of sp³-hybridized carbons (Fsp3) is 0.571. The lowest BCUT2D eigenvalue weighted by Crippen LogP contribution is -2.43. The summed E-state index contributed by atoms with van der Waals surface area (Å²) in [6.07, 6.45) is 2.11. The van der Waals surface area contributed by atoms with Gasteiger partial charge in [-0.25, -0.2) is 0 Å². The first kappa shape index (κ1) is 12.2. The average Bonchev–Trinajstić information content (AvgIpc) is 2.33. The number of nitrogens with one attached hydrogen (secondary N) is 1. The normalized spacial score (nSPS) is 18.7. The molecule has 0 aromatic heterocycles. The van der Waals surface area contributed by atoms with E-state index in [-0.39, 0.29) is 5.60 Å². The van der Waals surface area contributed by atoms with Crippen LogP contribution in [0.4, 0.5) is 0 Å². The van der Waals surface area contributed by atoms with Gasteiger partial charge in [-0.3, -0.25) is 0 Å². The van der Waals surface area contributed by atoms with Crippen LogP contribution in [0.1, 0.15) is 26.7 Å². The molecule has 0 spiro atoms. The van der Waals surface area contributed by atoms with Crippen molar-refractivity contribution in [2.24, 2.45) is 0 Å². The van der Waals surface area contributed by atoms with E-state index in [1.54, 1.807) is 0 Å². The van der Waals surface area contributed by atoms with Crippen molar-refractivity contribution in [1.82, 2.24) is 5.32 Å². The zero-order valence-corrected chi connectivity index (χ0v) is 10.7. The van der Waals surface area contributed by atoms with Gasteiger partial charge in [0.2, 0.25) is 0 Å². The molecule has 0 radical (unpaired) electrons. The van der Waals surface area contributed by atoms with Gasteiger partial charge >= 0.3 is 0 Å². The van der Waals surface area contributed by atoms with Crippen LogP contribution in [0.25, 0.3) is 0 Å². The van der Waals surface area contributed by atoms with Gasteiger partial charge < -0.3 is 14.8 Å². The quantitative estimate of drug-likeness (QED) is 0.870. The smallest absolute Gasteiger partial charge is 0.120 e. The van der Waals surface area contributed by atoms with Crippen molar-refractivity contribution in [2.75, 3.05) is 19.7 Å². The summed E-state index contributed by atoms with van der Waals surface area (Å²) in [5.74, 6) is 1.83. The molecule has 1 aliphatic rings. The Morgan fingerprint density at radius 1 is 1.12 bits per heavy atom. The van der Waals surface area contributed by atoms with Gasteiger partial charge in [0.05, 0.1) is 6.61 Å². The first-order valence-electron chi connectivity index (χ1n) is 6.34. The predicted octanol–water partition coefficient (Wildman–Crippen LogP) is 2.61. The summed E-state index contributed by atoms with van der Waals surface area (Å²) in [5.41, 5.74) is -0.0294. The largest absolute Gasteiger partial charge is 0.494 e. The maximum absolute atomic E-state index is 6.08. The first-order chi connectivity index (χ1) is 8.22. The molecule has 0 saturated carbocycles. The molecule has 1 heterocycles. The Morgan fingerprint density at radius 2 is 1.71 bits per heavy atom. The van der Waals surface area contributed by atoms with Crippen LogP contribution in [0.15, 0.2) is 24.3 Å². The van der Waals surface area contributed by atoms with Gasteiger partial charge in [-0.1, -0.05) is 0 Å². The van der Waals surface area contributed by atoms with Gasteiger partial charge in [0.1, 0.15) is 17.1 Å². The highest BCUT2D eigenvalue weighted by Crippen LogP contribution is 2.27. The molecule has 1 saturated heterocycles.